The summed E-state index contributed by atoms with van der Waals surface area (Å²) in [7, 11) is 0. The zero-order valence-corrected chi connectivity index (χ0v) is 17.2. The second-order valence-electron chi connectivity index (χ2n) is 6.62. The minimum atomic E-state index is -0.140. The van der Waals surface area contributed by atoms with Crippen LogP contribution in [-0.4, -0.2) is 27.4 Å². The Hall–Kier alpha value is -3.19. The summed E-state index contributed by atoms with van der Waals surface area (Å²) < 4.78 is 13.9. The molecule has 6 nitrogen and oxygen atoms in total. The number of H-pyrrole nitrogens is 1. The van der Waals surface area contributed by atoms with Gasteiger partial charge in [-0.2, -0.15) is 4.58 Å². The average Bonchev–Trinajstić information content (AvgIpc) is 3.21. The van der Waals surface area contributed by atoms with E-state index in [1.54, 1.807) is 6.20 Å². The lowest BCUT2D eigenvalue weighted by atomic mass is 9.87. The number of aromatic amines is 1. The molecule has 1 aromatic heterocycles. The van der Waals surface area contributed by atoms with Gasteiger partial charge in [-0.3, -0.25) is 0 Å². The summed E-state index contributed by atoms with van der Waals surface area (Å²) in [6, 6.07) is 13.6. The van der Waals surface area contributed by atoms with Crippen LogP contribution in [0.5, 0.6) is 11.5 Å². The number of hydrogen-bond acceptors (Lipinski definition) is 4. The topological polar surface area (TPSA) is 67.2 Å². The molecule has 1 aliphatic heterocycles. The van der Waals surface area contributed by atoms with Crippen LogP contribution in [0.15, 0.2) is 66.0 Å². The van der Waals surface area contributed by atoms with Crippen molar-refractivity contribution in [3.63, 3.8) is 0 Å². The molecule has 0 fully saturated rings. The monoisotopic (exact) mass is 452 g/mol. The van der Waals surface area contributed by atoms with E-state index in [0.717, 1.165) is 21.2 Å². The summed E-state index contributed by atoms with van der Waals surface area (Å²) >= 11 is 3.53. The fourth-order valence-electron chi connectivity index (χ4n) is 3.39. The molecule has 1 atom stereocenters. The van der Waals surface area contributed by atoms with Crippen LogP contribution in [0, 0.1) is 0 Å². The maximum absolute atomic E-state index is 12.3. The van der Waals surface area contributed by atoms with Gasteiger partial charge in [0.05, 0.1) is 31.2 Å². The van der Waals surface area contributed by atoms with Gasteiger partial charge in [-0.15, -0.1) is 5.10 Å². The Morgan fingerprint density at radius 2 is 2.10 bits per heavy atom. The van der Waals surface area contributed by atoms with Crippen molar-refractivity contribution >= 4 is 34.4 Å². The number of rotatable bonds is 6. The Labute approximate surface area is 176 Å². The largest absolute Gasteiger partial charge is 0.485 e. The van der Waals surface area contributed by atoms with Gasteiger partial charge in [-0.1, -0.05) is 51.9 Å². The molecule has 1 amide bonds. The lowest BCUT2D eigenvalue weighted by Crippen LogP contribution is -2.24. The number of carbonyl (C=O) groups excluding carboxylic acids is 1. The van der Waals surface area contributed by atoms with E-state index in [4.69, 9.17) is 9.47 Å². The van der Waals surface area contributed by atoms with Gasteiger partial charge in [0, 0.05) is 16.0 Å². The van der Waals surface area contributed by atoms with Gasteiger partial charge in [0.1, 0.15) is 6.61 Å². The van der Waals surface area contributed by atoms with E-state index in [9.17, 15) is 4.79 Å². The predicted octanol–water partition coefficient (Wildman–Crippen LogP) is 4.68. The van der Waals surface area contributed by atoms with E-state index in [0.29, 0.717) is 30.3 Å². The summed E-state index contributed by atoms with van der Waals surface area (Å²) in [5, 5.41) is 6.92. The molecule has 7 heteroatoms. The maximum Gasteiger partial charge on any atom is 0.314 e. The fraction of sp³-hybridized carbons (Fsp3) is 0.136. The van der Waals surface area contributed by atoms with E-state index in [2.05, 4.69) is 39.4 Å². The van der Waals surface area contributed by atoms with Gasteiger partial charge in [-0.25, -0.2) is 4.79 Å². The zero-order valence-electron chi connectivity index (χ0n) is 15.6. The molecule has 0 saturated heterocycles. The minimum absolute atomic E-state index is 0.0767. The van der Waals surface area contributed by atoms with Crippen LogP contribution in [0.2, 0.25) is 0 Å². The van der Waals surface area contributed by atoms with Crippen molar-refractivity contribution in [3.05, 3.63) is 82.7 Å². The number of ether oxygens (including phenoxy) is 2. The Balaban J connectivity index is 1.64. The summed E-state index contributed by atoms with van der Waals surface area (Å²) in [5.74, 6) is 1.54. The zero-order chi connectivity index (χ0) is 20.4. The van der Waals surface area contributed by atoms with Gasteiger partial charge in [0.15, 0.2) is 11.5 Å². The molecule has 2 aromatic carbocycles. The molecular formula is C22H19BrN3O3+. The predicted molar refractivity (Wildman–Crippen MR) is 113 cm³/mol. The minimum Gasteiger partial charge on any atom is -0.485 e. The normalized spacial score (nSPS) is 15.7. The van der Waals surface area contributed by atoms with Crippen LogP contribution in [0.4, 0.5) is 5.82 Å². The molecule has 1 N–H and O–H groups in total. The van der Waals surface area contributed by atoms with Crippen molar-refractivity contribution in [2.75, 3.05) is 0 Å². The van der Waals surface area contributed by atoms with E-state index in [1.807, 2.05) is 42.5 Å². The summed E-state index contributed by atoms with van der Waals surface area (Å²) in [4.78, 5) is 12.3. The highest BCUT2D eigenvalue weighted by molar-refractivity contribution is 9.10. The van der Waals surface area contributed by atoms with E-state index in [1.165, 1.54) is 10.8 Å². The van der Waals surface area contributed by atoms with Crippen molar-refractivity contribution in [1.29, 1.82) is 0 Å². The van der Waals surface area contributed by atoms with Crippen LogP contribution >= 0.6 is 15.9 Å². The second kappa shape index (κ2) is 8.05. The lowest BCUT2D eigenvalue weighted by Gasteiger charge is -2.21. The van der Waals surface area contributed by atoms with Crippen LogP contribution in [0.1, 0.15) is 29.0 Å². The number of nitrogens with zero attached hydrogens (tertiary/aromatic N) is 2. The second-order valence-corrected chi connectivity index (χ2v) is 7.48. The molecule has 29 heavy (non-hydrogen) atoms. The van der Waals surface area contributed by atoms with Gasteiger partial charge >= 0.3 is 11.7 Å². The van der Waals surface area contributed by atoms with Crippen LogP contribution in [0.3, 0.4) is 0 Å². The van der Waals surface area contributed by atoms with Crippen LogP contribution in [-0.2, 0) is 11.4 Å². The Morgan fingerprint density at radius 1 is 1.28 bits per heavy atom. The highest BCUT2D eigenvalue weighted by Crippen LogP contribution is 2.40. The maximum atomic E-state index is 12.3. The molecule has 1 unspecified atom stereocenters. The van der Waals surface area contributed by atoms with Gasteiger partial charge in [0.25, 0.3) is 0 Å². The summed E-state index contributed by atoms with van der Waals surface area (Å²) in [5.41, 5.74) is 2.88. The molecule has 0 bridgehead atoms. The van der Waals surface area contributed by atoms with Crippen molar-refractivity contribution in [2.45, 2.75) is 18.9 Å². The van der Waals surface area contributed by atoms with E-state index < -0.39 is 0 Å². The molecule has 0 spiro atoms. The van der Waals surface area contributed by atoms with Gasteiger partial charge < -0.3 is 9.47 Å². The third-order valence-corrected chi connectivity index (χ3v) is 5.67. The lowest BCUT2D eigenvalue weighted by molar-refractivity contribution is -0.367. The van der Waals surface area contributed by atoms with E-state index >= 15 is 0 Å². The van der Waals surface area contributed by atoms with Crippen molar-refractivity contribution in [1.82, 2.24) is 10.2 Å². The first-order valence-corrected chi connectivity index (χ1v) is 9.82. The standard InChI is InChI=1S/C22H19BrN3O3/c1-3-28-20-10-14(16-11-21(27)26(2)22-17(16)12-24-25-22)8-9-19(20)29-13-15-6-4-5-7-18(15)23/h3-10,12,16H,1-2,11,13H2,(H,24,25)/q+1. The van der Waals surface area contributed by atoms with Gasteiger partial charge in [-0.05, 0) is 23.8 Å². The van der Waals surface area contributed by atoms with Crippen LogP contribution < -0.4 is 9.47 Å². The van der Waals surface area contributed by atoms with Crippen molar-refractivity contribution in [2.24, 2.45) is 0 Å². The van der Waals surface area contributed by atoms with Crippen LogP contribution in [0.25, 0.3) is 0 Å². The summed E-state index contributed by atoms with van der Waals surface area (Å²) in [6.45, 7) is 7.83. The third-order valence-electron chi connectivity index (χ3n) is 4.89. The first-order valence-electron chi connectivity index (χ1n) is 9.03. The van der Waals surface area contributed by atoms with E-state index in [-0.39, 0.29) is 11.8 Å². The molecular weight excluding hydrogens is 434 g/mol. The molecule has 146 valence electrons. The highest BCUT2D eigenvalue weighted by Gasteiger charge is 2.36. The number of nitrogens with one attached hydrogen (secondary N) is 1. The fourth-order valence-corrected chi connectivity index (χ4v) is 3.79. The van der Waals surface area contributed by atoms with Gasteiger partial charge in [0.2, 0.25) is 0 Å². The third kappa shape index (κ3) is 3.73. The number of benzene rings is 2. The number of aromatic nitrogens is 2. The quantitative estimate of drug-likeness (QED) is 0.435. The highest BCUT2D eigenvalue weighted by atomic mass is 79.9. The first-order chi connectivity index (χ1) is 14.1. The molecule has 0 saturated carbocycles. The number of amides is 1. The molecule has 4 rings (SSSR count). The molecule has 0 radical (unpaired) electrons. The van der Waals surface area contributed by atoms with Crippen molar-refractivity contribution < 1.29 is 18.8 Å². The Kier molecular flexibility index (Phi) is 5.31. The molecule has 1 aliphatic rings. The Bertz CT molecular complexity index is 1110. The molecule has 2 heterocycles. The Morgan fingerprint density at radius 3 is 2.90 bits per heavy atom. The number of carbonyl (C=O) groups is 1. The van der Waals surface area contributed by atoms with Crippen molar-refractivity contribution in [3.8, 4) is 11.5 Å². The molecule has 3 aromatic rings. The number of fused-ring (bicyclic) bond motifs is 1. The number of hydrogen-bond donors (Lipinski definition) is 1. The SMILES string of the molecule is C=COc1cc(C2CC(=O)[N+](=C)c3[nH]ncc32)ccc1OCc1ccccc1Br. The number of halogens is 1. The first kappa shape index (κ1) is 19.1. The summed E-state index contributed by atoms with van der Waals surface area (Å²) in [6.07, 6.45) is 3.40. The average molecular weight is 453 g/mol. The smallest absolute Gasteiger partial charge is 0.314 e. The molecule has 0 aliphatic carbocycles.